The number of halogens is 2. The molecule has 1 N–H and O–H groups in total. The van der Waals surface area contributed by atoms with Gasteiger partial charge in [-0.25, -0.2) is 0 Å². The highest BCUT2D eigenvalue weighted by Crippen LogP contribution is 2.19. The molecule has 0 aromatic heterocycles. The Balaban J connectivity index is 1.94. The predicted molar refractivity (Wildman–Crippen MR) is 137 cm³/mol. The van der Waals surface area contributed by atoms with Crippen molar-refractivity contribution in [1.29, 1.82) is 0 Å². The lowest BCUT2D eigenvalue weighted by molar-refractivity contribution is -0.140. The van der Waals surface area contributed by atoms with Crippen LogP contribution >= 0.6 is 27.5 Å². The maximum absolute atomic E-state index is 13.6. The fourth-order valence-corrected chi connectivity index (χ4v) is 4.11. The van der Waals surface area contributed by atoms with Crippen LogP contribution in [0.3, 0.4) is 0 Å². The van der Waals surface area contributed by atoms with Gasteiger partial charge in [0.25, 0.3) is 0 Å². The second kappa shape index (κ2) is 12.6. The highest BCUT2D eigenvalue weighted by atomic mass is 79.9. The van der Waals surface area contributed by atoms with Crippen molar-refractivity contribution in [1.82, 2.24) is 10.2 Å². The van der Waals surface area contributed by atoms with Gasteiger partial charge in [-0.05, 0) is 47.4 Å². The number of amides is 2. The van der Waals surface area contributed by atoms with Crippen molar-refractivity contribution in [2.24, 2.45) is 0 Å². The smallest absolute Gasteiger partial charge is 0.243 e. The molecule has 3 aromatic carbocycles. The third-order valence-corrected chi connectivity index (χ3v) is 6.09. The van der Waals surface area contributed by atoms with Gasteiger partial charge in [-0.2, -0.15) is 0 Å². The minimum absolute atomic E-state index is 0.118. The van der Waals surface area contributed by atoms with Crippen molar-refractivity contribution in [3.63, 3.8) is 0 Å². The van der Waals surface area contributed by atoms with Gasteiger partial charge >= 0.3 is 0 Å². The Morgan fingerprint density at radius 3 is 2.30 bits per heavy atom. The first-order chi connectivity index (χ1) is 16.0. The number of carbonyl (C=O) groups excluding carboxylic acids is 2. The molecule has 3 aromatic rings. The van der Waals surface area contributed by atoms with Gasteiger partial charge in [-0.15, -0.1) is 0 Å². The Labute approximate surface area is 209 Å². The van der Waals surface area contributed by atoms with Crippen LogP contribution in [0.1, 0.15) is 30.0 Å². The molecular formula is C27H28BrClN2O2. The average Bonchev–Trinajstić information content (AvgIpc) is 2.81. The lowest BCUT2D eigenvalue weighted by Crippen LogP contribution is -2.51. The molecule has 0 aliphatic rings. The molecule has 6 heteroatoms. The third kappa shape index (κ3) is 7.72. The van der Waals surface area contributed by atoms with E-state index in [1.54, 1.807) is 17.0 Å². The Morgan fingerprint density at radius 1 is 0.939 bits per heavy atom. The first kappa shape index (κ1) is 25.0. The summed E-state index contributed by atoms with van der Waals surface area (Å²) in [5.74, 6) is -0.259. The Hall–Kier alpha value is -2.63. The normalized spacial score (nSPS) is 11.6. The number of hydrogen-bond donors (Lipinski definition) is 1. The monoisotopic (exact) mass is 526 g/mol. The number of hydrogen-bond acceptors (Lipinski definition) is 2. The molecule has 0 bridgehead atoms. The Kier molecular flexibility index (Phi) is 9.52. The Morgan fingerprint density at radius 2 is 1.64 bits per heavy atom. The van der Waals surface area contributed by atoms with Crippen LogP contribution in [0.4, 0.5) is 0 Å². The van der Waals surface area contributed by atoms with Crippen LogP contribution < -0.4 is 5.32 Å². The predicted octanol–water partition coefficient (Wildman–Crippen LogP) is 5.81. The van der Waals surface area contributed by atoms with E-state index in [0.29, 0.717) is 24.5 Å². The molecule has 1 atom stereocenters. The second-order valence-corrected chi connectivity index (χ2v) is 9.30. The summed E-state index contributed by atoms with van der Waals surface area (Å²) in [5.41, 5.74) is 2.78. The zero-order valence-corrected chi connectivity index (χ0v) is 21.0. The van der Waals surface area contributed by atoms with Gasteiger partial charge < -0.3 is 10.2 Å². The van der Waals surface area contributed by atoms with Crippen LogP contribution in [0.2, 0.25) is 5.02 Å². The molecule has 0 spiro atoms. The van der Waals surface area contributed by atoms with Gasteiger partial charge in [0.05, 0.1) is 6.42 Å². The van der Waals surface area contributed by atoms with Gasteiger partial charge in [-0.1, -0.05) is 89.1 Å². The number of nitrogens with zero attached hydrogens (tertiary/aromatic N) is 1. The zero-order chi connectivity index (χ0) is 23.6. The first-order valence-electron chi connectivity index (χ1n) is 11.1. The van der Waals surface area contributed by atoms with Gasteiger partial charge in [-0.3, -0.25) is 9.59 Å². The molecule has 3 rings (SSSR count). The maximum atomic E-state index is 13.6. The van der Waals surface area contributed by atoms with E-state index >= 15 is 0 Å². The summed E-state index contributed by atoms with van der Waals surface area (Å²) in [6.45, 7) is 2.92. The molecular weight excluding hydrogens is 500 g/mol. The molecule has 0 aliphatic heterocycles. The van der Waals surface area contributed by atoms with Crippen LogP contribution in [0.5, 0.6) is 0 Å². The summed E-state index contributed by atoms with van der Waals surface area (Å²) in [6.07, 6.45) is 1.44. The van der Waals surface area contributed by atoms with Crippen molar-refractivity contribution in [3.05, 3.63) is 105 Å². The molecule has 0 heterocycles. The van der Waals surface area contributed by atoms with E-state index in [-0.39, 0.29) is 18.2 Å². The van der Waals surface area contributed by atoms with E-state index in [9.17, 15) is 9.59 Å². The van der Waals surface area contributed by atoms with Crippen LogP contribution in [0.25, 0.3) is 0 Å². The van der Waals surface area contributed by atoms with E-state index < -0.39 is 6.04 Å². The van der Waals surface area contributed by atoms with Crippen molar-refractivity contribution < 1.29 is 9.59 Å². The molecule has 0 aliphatic carbocycles. The van der Waals surface area contributed by atoms with E-state index in [4.69, 9.17) is 11.6 Å². The topological polar surface area (TPSA) is 49.4 Å². The third-order valence-electron chi connectivity index (χ3n) is 5.33. The molecule has 0 radical (unpaired) electrons. The van der Waals surface area contributed by atoms with Gasteiger partial charge in [0.15, 0.2) is 0 Å². The van der Waals surface area contributed by atoms with Gasteiger partial charge in [0.1, 0.15) is 6.04 Å². The lowest BCUT2D eigenvalue weighted by Gasteiger charge is -2.31. The summed E-state index contributed by atoms with van der Waals surface area (Å²) in [7, 11) is 0. The molecule has 172 valence electrons. The number of carbonyl (C=O) groups is 2. The molecule has 0 fully saturated rings. The number of rotatable bonds is 10. The SMILES string of the molecule is CCCNC(=O)[C@H](Cc1ccccc1)N(Cc1ccc(Br)cc1)C(=O)Cc1cccc(Cl)c1. The first-order valence-corrected chi connectivity index (χ1v) is 12.2. The Bertz CT molecular complexity index is 1060. The van der Waals surface area contributed by atoms with E-state index in [1.165, 1.54) is 0 Å². The average molecular weight is 528 g/mol. The van der Waals surface area contributed by atoms with Crippen LogP contribution in [0.15, 0.2) is 83.3 Å². The largest absolute Gasteiger partial charge is 0.354 e. The summed E-state index contributed by atoms with van der Waals surface area (Å²) in [6, 6.07) is 24.3. The van der Waals surface area contributed by atoms with Crippen molar-refractivity contribution in [3.8, 4) is 0 Å². The standard InChI is InChI=1S/C27H28BrClN2O2/c1-2-15-30-27(33)25(17-20-7-4-3-5-8-20)31(19-21-11-13-23(28)14-12-21)26(32)18-22-9-6-10-24(29)16-22/h3-14,16,25H,2,15,17-19H2,1H3,(H,30,33)/t25-/m0/s1. The maximum Gasteiger partial charge on any atom is 0.243 e. The fourth-order valence-electron chi connectivity index (χ4n) is 3.63. The minimum atomic E-state index is -0.630. The van der Waals surface area contributed by atoms with E-state index in [2.05, 4.69) is 21.2 Å². The summed E-state index contributed by atoms with van der Waals surface area (Å²) in [5, 5.41) is 3.58. The highest BCUT2D eigenvalue weighted by Gasteiger charge is 2.30. The van der Waals surface area contributed by atoms with Crippen LogP contribution in [-0.2, 0) is 29.0 Å². The van der Waals surface area contributed by atoms with Crippen LogP contribution in [-0.4, -0.2) is 29.3 Å². The van der Waals surface area contributed by atoms with Crippen molar-refractivity contribution in [2.75, 3.05) is 6.54 Å². The molecule has 4 nitrogen and oxygen atoms in total. The minimum Gasteiger partial charge on any atom is -0.354 e. The molecule has 0 unspecified atom stereocenters. The van der Waals surface area contributed by atoms with Crippen molar-refractivity contribution >= 4 is 39.3 Å². The van der Waals surface area contributed by atoms with Crippen molar-refractivity contribution in [2.45, 2.75) is 38.8 Å². The molecule has 2 amide bonds. The van der Waals surface area contributed by atoms with E-state index in [1.807, 2.05) is 73.7 Å². The molecule has 33 heavy (non-hydrogen) atoms. The van der Waals surface area contributed by atoms with E-state index in [0.717, 1.165) is 27.6 Å². The molecule has 0 saturated heterocycles. The van der Waals surface area contributed by atoms with Gasteiger partial charge in [0.2, 0.25) is 11.8 Å². The lowest BCUT2D eigenvalue weighted by atomic mass is 10.0. The summed E-state index contributed by atoms with van der Waals surface area (Å²) >= 11 is 9.60. The molecule has 0 saturated carbocycles. The van der Waals surface area contributed by atoms with Gasteiger partial charge in [0, 0.05) is 29.0 Å². The summed E-state index contributed by atoms with van der Waals surface area (Å²) < 4.78 is 0.963. The second-order valence-electron chi connectivity index (χ2n) is 7.95. The zero-order valence-electron chi connectivity index (χ0n) is 18.6. The highest BCUT2D eigenvalue weighted by molar-refractivity contribution is 9.10. The quantitative estimate of drug-likeness (QED) is 0.362. The number of benzene rings is 3. The number of nitrogens with one attached hydrogen (secondary N) is 1. The summed E-state index contributed by atoms with van der Waals surface area (Å²) in [4.78, 5) is 28.6. The fraction of sp³-hybridized carbons (Fsp3) is 0.259. The van der Waals surface area contributed by atoms with Crippen LogP contribution in [0, 0.1) is 0 Å².